The lowest BCUT2D eigenvalue weighted by Crippen LogP contribution is -2.37. The lowest BCUT2D eigenvalue weighted by Gasteiger charge is -2.31. The molecule has 6 nitrogen and oxygen atoms in total. The van der Waals surface area contributed by atoms with E-state index >= 15 is 0 Å². The van der Waals surface area contributed by atoms with Crippen LogP contribution in [-0.4, -0.2) is 56.5 Å². The first-order valence-corrected chi connectivity index (χ1v) is 13.0. The van der Waals surface area contributed by atoms with Crippen molar-refractivity contribution < 1.29 is 13.2 Å². The zero-order chi connectivity index (χ0) is 22.3. The van der Waals surface area contributed by atoms with Crippen LogP contribution in [0.3, 0.4) is 0 Å². The second-order valence-corrected chi connectivity index (χ2v) is 10.2. The maximum absolute atomic E-state index is 13.0. The molecular weight excluding hydrogens is 410 g/mol. The quantitative estimate of drug-likeness (QED) is 0.523. The van der Waals surface area contributed by atoms with Crippen molar-refractivity contribution in [1.29, 1.82) is 0 Å². The van der Waals surface area contributed by atoms with Crippen LogP contribution in [0.2, 0.25) is 0 Å². The van der Waals surface area contributed by atoms with Crippen LogP contribution >= 0.6 is 0 Å². The molecule has 1 aromatic heterocycles. The van der Waals surface area contributed by atoms with Crippen LogP contribution in [0.25, 0.3) is 0 Å². The maximum Gasteiger partial charge on any atom is 0.232 e. The molecule has 2 aromatic rings. The number of ketones is 1. The Morgan fingerprint density at radius 2 is 1.87 bits per heavy atom. The van der Waals surface area contributed by atoms with Crippen LogP contribution in [0.15, 0.2) is 48.8 Å². The summed E-state index contributed by atoms with van der Waals surface area (Å²) in [5.41, 5.74) is 2.53. The highest BCUT2D eigenvalue weighted by Crippen LogP contribution is 2.25. The Kier molecular flexibility index (Phi) is 8.21. The minimum atomic E-state index is -3.34. The van der Waals surface area contributed by atoms with Gasteiger partial charge < -0.3 is 4.90 Å². The number of carbonyl (C=O) groups is 1. The van der Waals surface area contributed by atoms with Gasteiger partial charge in [-0.15, -0.1) is 0 Å². The van der Waals surface area contributed by atoms with Crippen LogP contribution in [-0.2, 0) is 16.4 Å². The minimum absolute atomic E-state index is 0.0339. The van der Waals surface area contributed by atoms with E-state index in [1.54, 1.807) is 30.5 Å². The predicted molar refractivity (Wildman–Crippen MR) is 125 cm³/mol. The fraction of sp³-hybridized carbons (Fsp3) is 0.500. The number of likely N-dealkylation sites (tertiary alicyclic amines) is 1. The highest BCUT2D eigenvalue weighted by molar-refractivity contribution is 7.92. The van der Waals surface area contributed by atoms with E-state index in [1.807, 2.05) is 19.2 Å². The Morgan fingerprint density at radius 1 is 1.16 bits per heavy atom. The smallest absolute Gasteiger partial charge is 0.232 e. The van der Waals surface area contributed by atoms with Gasteiger partial charge in [0, 0.05) is 37.0 Å². The number of aromatic nitrogens is 1. The van der Waals surface area contributed by atoms with Crippen LogP contribution in [0.1, 0.15) is 48.5 Å². The number of piperidine rings is 1. The van der Waals surface area contributed by atoms with E-state index in [0.717, 1.165) is 51.7 Å². The Morgan fingerprint density at radius 3 is 2.45 bits per heavy atom. The molecule has 0 unspecified atom stereocenters. The molecule has 168 valence electrons. The molecular formula is C24H33N3O3S. The lowest BCUT2D eigenvalue weighted by atomic mass is 9.88. The number of nitrogens with zero attached hydrogens (tertiary/aromatic N) is 3. The van der Waals surface area contributed by atoms with Crippen LogP contribution in [0.5, 0.6) is 0 Å². The number of hydrogen-bond donors (Lipinski definition) is 0. The summed E-state index contributed by atoms with van der Waals surface area (Å²) in [6.45, 7) is 5.33. The zero-order valence-electron chi connectivity index (χ0n) is 18.5. The summed E-state index contributed by atoms with van der Waals surface area (Å²) < 4.78 is 25.7. The number of Topliss-reactive ketones (excluding diaryl/α,β-unsaturated/α-hetero) is 1. The summed E-state index contributed by atoms with van der Waals surface area (Å²) in [4.78, 5) is 19.6. The van der Waals surface area contributed by atoms with E-state index in [9.17, 15) is 13.2 Å². The van der Waals surface area contributed by atoms with Gasteiger partial charge in [-0.3, -0.25) is 14.1 Å². The molecule has 1 saturated heterocycles. The number of carbonyl (C=O) groups excluding carboxylic acids is 1. The molecule has 7 heteroatoms. The van der Waals surface area contributed by atoms with E-state index in [-0.39, 0.29) is 11.7 Å². The van der Waals surface area contributed by atoms with E-state index in [2.05, 4.69) is 16.0 Å². The third kappa shape index (κ3) is 6.61. The molecule has 0 aliphatic carbocycles. The summed E-state index contributed by atoms with van der Waals surface area (Å²) in [6.07, 6.45) is 9.34. The van der Waals surface area contributed by atoms with Gasteiger partial charge in [0.1, 0.15) is 0 Å². The van der Waals surface area contributed by atoms with Gasteiger partial charge in [-0.05, 0) is 74.7 Å². The van der Waals surface area contributed by atoms with E-state index in [4.69, 9.17) is 0 Å². The normalized spacial score (nSPS) is 15.7. The Balaban J connectivity index is 1.54. The monoisotopic (exact) mass is 443 g/mol. The molecule has 1 aliphatic heterocycles. The van der Waals surface area contributed by atoms with Crippen LogP contribution in [0, 0.1) is 5.92 Å². The van der Waals surface area contributed by atoms with Crippen molar-refractivity contribution in [2.45, 2.75) is 39.0 Å². The van der Waals surface area contributed by atoms with Gasteiger partial charge in [-0.25, -0.2) is 8.42 Å². The number of anilines is 1. The molecule has 0 N–H and O–H groups in total. The van der Waals surface area contributed by atoms with Crippen molar-refractivity contribution in [3.05, 3.63) is 59.9 Å². The first-order valence-electron chi connectivity index (χ1n) is 11.1. The number of hydrogen-bond acceptors (Lipinski definition) is 5. The number of pyridine rings is 1. The summed E-state index contributed by atoms with van der Waals surface area (Å²) >= 11 is 0. The molecule has 1 fully saturated rings. The maximum atomic E-state index is 13.0. The van der Waals surface area contributed by atoms with Gasteiger partial charge >= 0.3 is 0 Å². The van der Waals surface area contributed by atoms with Crippen molar-refractivity contribution in [1.82, 2.24) is 9.88 Å². The number of rotatable bonds is 10. The molecule has 0 bridgehead atoms. The standard InChI is InChI=1S/C24H33N3O3S/c1-3-4-15-27(31(2,29)30)23-9-7-21(8-10-23)24(28)22-12-17-26(18-13-22)16-11-20-6-5-14-25-19-20/h5-10,14,19,22H,3-4,11-13,15-18H2,1-2H3. The van der Waals surface area contributed by atoms with Gasteiger partial charge in [0.2, 0.25) is 10.0 Å². The highest BCUT2D eigenvalue weighted by atomic mass is 32.2. The molecule has 1 aliphatic rings. The van der Waals surface area contributed by atoms with Crippen molar-refractivity contribution in [3.8, 4) is 0 Å². The largest absolute Gasteiger partial charge is 0.303 e. The predicted octanol–water partition coefficient (Wildman–Crippen LogP) is 3.79. The molecule has 2 heterocycles. The zero-order valence-corrected chi connectivity index (χ0v) is 19.4. The first-order chi connectivity index (χ1) is 14.9. The Bertz CT molecular complexity index is 938. The average Bonchev–Trinajstić information content (AvgIpc) is 2.78. The van der Waals surface area contributed by atoms with E-state index in [0.29, 0.717) is 17.8 Å². The van der Waals surface area contributed by atoms with Crippen molar-refractivity contribution in [3.63, 3.8) is 0 Å². The molecule has 1 aromatic carbocycles. The second-order valence-electron chi connectivity index (χ2n) is 8.33. The van der Waals surface area contributed by atoms with Crippen LogP contribution in [0.4, 0.5) is 5.69 Å². The van der Waals surface area contributed by atoms with Crippen molar-refractivity contribution in [2.24, 2.45) is 5.92 Å². The Labute approximate surface area is 186 Å². The number of benzene rings is 1. The average molecular weight is 444 g/mol. The molecule has 0 spiro atoms. The number of sulfonamides is 1. The van der Waals surface area contributed by atoms with E-state index < -0.39 is 10.0 Å². The van der Waals surface area contributed by atoms with Crippen LogP contribution < -0.4 is 4.31 Å². The third-order valence-electron chi connectivity index (χ3n) is 5.95. The summed E-state index contributed by atoms with van der Waals surface area (Å²) in [7, 11) is -3.34. The summed E-state index contributed by atoms with van der Waals surface area (Å²) in [5.74, 6) is 0.199. The highest BCUT2D eigenvalue weighted by Gasteiger charge is 2.26. The molecule has 3 rings (SSSR count). The topological polar surface area (TPSA) is 70.6 Å². The second kappa shape index (κ2) is 10.9. The molecule has 0 radical (unpaired) electrons. The first kappa shape index (κ1) is 23.4. The Hall–Kier alpha value is -2.25. The van der Waals surface area contributed by atoms with Gasteiger partial charge in [0.15, 0.2) is 5.78 Å². The summed E-state index contributed by atoms with van der Waals surface area (Å²) in [5, 5.41) is 0. The van der Waals surface area contributed by atoms with Gasteiger partial charge in [-0.2, -0.15) is 0 Å². The summed E-state index contributed by atoms with van der Waals surface area (Å²) in [6, 6.07) is 11.1. The minimum Gasteiger partial charge on any atom is -0.303 e. The molecule has 0 amide bonds. The molecule has 31 heavy (non-hydrogen) atoms. The lowest BCUT2D eigenvalue weighted by molar-refractivity contribution is 0.0841. The SMILES string of the molecule is CCCCN(c1ccc(C(=O)C2CCN(CCc3cccnc3)CC2)cc1)S(C)(=O)=O. The number of unbranched alkanes of at least 4 members (excludes halogenated alkanes) is 1. The van der Waals surface area contributed by atoms with Crippen molar-refractivity contribution >= 4 is 21.5 Å². The van der Waals surface area contributed by atoms with E-state index in [1.165, 1.54) is 16.1 Å². The van der Waals surface area contributed by atoms with Gasteiger partial charge in [0.25, 0.3) is 0 Å². The van der Waals surface area contributed by atoms with Gasteiger partial charge in [0.05, 0.1) is 11.9 Å². The van der Waals surface area contributed by atoms with Crippen molar-refractivity contribution in [2.75, 3.05) is 36.7 Å². The van der Waals surface area contributed by atoms with Gasteiger partial charge in [-0.1, -0.05) is 19.4 Å². The molecule has 0 saturated carbocycles. The molecule has 0 atom stereocenters. The fourth-order valence-electron chi connectivity index (χ4n) is 4.07. The fourth-order valence-corrected chi connectivity index (χ4v) is 5.03. The third-order valence-corrected chi connectivity index (χ3v) is 7.15.